The number of rotatable bonds is 8. The van der Waals surface area contributed by atoms with Gasteiger partial charge in [0.25, 0.3) is 0 Å². The first kappa shape index (κ1) is 17.7. The predicted molar refractivity (Wildman–Crippen MR) is 80.4 cm³/mol. The number of hydrogen-bond acceptors (Lipinski definition) is 6. The molecule has 2 amide bonds. The maximum Gasteiger partial charge on any atom is 0.421 e. The van der Waals surface area contributed by atoms with Crippen LogP contribution in [0.1, 0.15) is 25.0 Å². The minimum Gasteiger partial charge on any atom is -0.449 e. The molecule has 1 aromatic rings. The highest BCUT2D eigenvalue weighted by Crippen LogP contribution is 2.04. The summed E-state index contributed by atoms with van der Waals surface area (Å²) in [6, 6.07) is 7.67. The number of carbonyl (C=O) groups is 2. The van der Waals surface area contributed by atoms with Gasteiger partial charge in [-0.25, -0.2) is 20.4 Å². The number of nitrogens with one attached hydrogen (secondary N) is 4. The Bertz CT molecular complexity index is 442. The molecule has 1 rings (SSSR count). The van der Waals surface area contributed by atoms with Crippen LogP contribution in [0.25, 0.3) is 0 Å². The maximum absolute atomic E-state index is 11.1. The molecule has 0 atom stereocenters. The van der Waals surface area contributed by atoms with Crippen LogP contribution in [0.3, 0.4) is 0 Å². The van der Waals surface area contributed by atoms with Crippen molar-refractivity contribution in [2.45, 2.75) is 26.9 Å². The van der Waals surface area contributed by atoms with E-state index in [1.807, 2.05) is 24.3 Å². The lowest BCUT2D eigenvalue weighted by atomic mass is 10.1. The average molecular weight is 310 g/mol. The molecule has 1 aromatic carbocycles. The number of ether oxygens (including phenoxy) is 2. The first-order chi connectivity index (χ1) is 10.7. The summed E-state index contributed by atoms with van der Waals surface area (Å²) in [5.41, 5.74) is 12.3. The van der Waals surface area contributed by atoms with Gasteiger partial charge in [-0.15, -0.1) is 0 Å². The molecule has 0 aliphatic rings. The molecule has 22 heavy (non-hydrogen) atoms. The molecule has 0 aliphatic carbocycles. The Kier molecular flexibility index (Phi) is 8.39. The van der Waals surface area contributed by atoms with E-state index in [2.05, 4.69) is 21.7 Å². The third-order valence-corrected chi connectivity index (χ3v) is 2.51. The van der Waals surface area contributed by atoms with Crippen molar-refractivity contribution < 1.29 is 19.1 Å². The quantitative estimate of drug-likeness (QED) is 0.538. The van der Waals surface area contributed by atoms with Crippen LogP contribution in [-0.2, 0) is 22.6 Å². The summed E-state index contributed by atoms with van der Waals surface area (Å²) < 4.78 is 9.45. The van der Waals surface area contributed by atoms with Gasteiger partial charge in [0.05, 0.1) is 13.2 Å². The maximum atomic E-state index is 11.1. The first-order valence-corrected chi connectivity index (χ1v) is 7.04. The fraction of sp³-hybridized carbons (Fsp3) is 0.429. The van der Waals surface area contributed by atoms with Crippen molar-refractivity contribution in [2.75, 3.05) is 13.2 Å². The number of hydrazine groups is 2. The summed E-state index contributed by atoms with van der Waals surface area (Å²) in [6.07, 6.45) is -1.03. The molecule has 4 N–H and O–H groups in total. The molecular weight excluding hydrogens is 288 g/mol. The molecule has 0 fully saturated rings. The van der Waals surface area contributed by atoms with E-state index in [0.717, 1.165) is 11.1 Å². The summed E-state index contributed by atoms with van der Waals surface area (Å²) in [5.74, 6) is 0. The second-order valence-electron chi connectivity index (χ2n) is 4.22. The largest absolute Gasteiger partial charge is 0.449 e. The summed E-state index contributed by atoms with van der Waals surface area (Å²) in [7, 11) is 0. The molecule has 0 bridgehead atoms. The zero-order valence-electron chi connectivity index (χ0n) is 12.8. The molecular formula is C14H22N4O4. The topological polar surface area (TPSA) is 101 Å². The molecule has 0 saturated carbocycles. The van der Waals surface area contributed by atoms with Crippen LogP contribution in [0.2, 0.25) is 0 Å². The lowest BCUT2D eigenvalue weighted by molar-refractivity contribution is 0.146. The Morgan fingerprint density at radius 2 is 1.36 bits per heavy atom. The highest BCUT2D eigenvalue weighted by Gasteiger charge is 2.01. The van der Waals surface area contributed by atoms with Gasteiger partial charge in [-0.3, -0.25) is 10.9 Å². The highest BCUT2D eigenvalue weighted by molar-refractivity contribution is 5.66. The molecule has 0 saturated heterocycles. The lowest BCUT2D eigenvalue weighted by Gasteiger charge is -2.10. The van der Waals surface area contributed by atoms with E-state index < -0.39 is 12.2 Å². The van der Waals surface area contributed by atoms with Gasteiger partial charge in [-0.1, -0.05) is 24.3 Å². The van der Waals surface area contributed by atoms with Crippen molar-refractivity contribution in [1.82, 2.24) is 21.7 Å². The number of benzene rings is 1. The van der Waals surface area contributed by atoms with Crippen molar-refractivity contribution in [1.29, 1.82) is 0 Å². The summed E-state index contributed by atoms with van der Waals surface area (Å²) in [5, 5.41) is 0. The van der Waals surface area contributed by atoms with Crippen molar-refractivity contribution in [3.63, 3.8) is 0 Å². The summed E-state index contributed by atoms with van der Waals surface area (Å²) >= 11 is 0. The van der Waals surface area contributed by atoms with Crippen molar-refractivity contribution in [3.8, 4) is 0 Å². The molecule has 0 heterocycles. The number of carbonyl (C=O) groups excluding carboxylic acids is 2. The molecule has 0 aliphatic heterocycles. The zero-order valence-corrected chi connectivity index (χ0v) is 12.8. The monoisotopic (exact) mass is 310 g/mol. The highest BCUT2D eigenvalue weighted by atomic mass is 16.6. The zero-order chi connectivity index (χ0) is 16.2. The number of hydrogen-bond donors (Lipinski definition) is 4. The van der Waals surface area contributed by atoms with Crippen LogP contribution in [0.4, 0.5) is 9.59 Å². The van der Waals surface area contributed by atoms with Gasteiger partial charge in [0.15, 0.2) is 0 Å². The molecule has 0 aromatic heterocycles. The third-order valence-electron chi connectivity index (χ3n) is 2.51. The molecule has 8 heteroatoms. The molecule has 0 unspecified atom stereocenters. The van der Waals surface area contributed by atoms with E-state index in [0.29, 0.717) is 26.3 Å². The lowest BCUT2D eigenvalue weighted by Crippen LogP contribution is -2.37. The fourth-order valence-electron chi connectivity index (χ4n) is 1.62. The normalized spacial score (nSPS) is 9.91. The Balaban J connectivity index is 2.32. The molecule has 0 radical (unpaired) electrons. The minimum atomic E-state index is -0.515. The Hall–Kier alpha value is -2.32. The van der Waals surface area contributed by atoms with Gasteiger partial charge in [0, 0.05) is 13.1 Å². The van der Waals surface area contributed by atoms with Gasteiger partial charge in [0.1, 0.15) is 0 Å². The van der Waals surface area contributed by atoms with Gasteiger partial charge < -0.3 is 9.47 Å². The predicted octanol–water partition coefficient (Wildman–Crippen LogP) is 1.19. The van der Waals surface area contributed by atoms with Gasteiger partial charge in [-0.2, -0.15) is 0 Å². The summed E-state index contributed by atoms with van der Waals surface area (Å²) in [6.45, 7) is 5.03. The Morgan fingerprint density at radius 3 is 1.77 bits per heavy atom. The molecule has 122 valence electrons. The van der Waals surface area contributed by atoms with Crippen molar-refractivity contribution in [2.24, 2.45) is 0 Å². The fourth-order valence-corrected chi connectivity index (χ4v) is 1.62. The standard InChI is InChI=1S/C14H22N4O4/c1-3-21-13(19)17-15-9-11-6-5-7-12(8-11)10-16-18-14(20)22-4-2/h5-8,15-16H,3-4,9-10H2,1-2H3,(H,17,19)(H,18,20). The second kappa shape index (κ2) is 10.4. The third kappa shape index (κ3) is 7.46. The number of amides is 2. The van der Waals surface area contributed by atoms with Gasteiger partial charge in [-0.05, 0) is 25.0 Å². The van der Waals surface area contributed by atoms with Crippen LogP contribution >= 0.6 is 0 Å². The Morgan fingerprint density at radius 1 is 0.909 bits per heavy atom. The van der Waals surface area contributed by atoms with E-state index in [1.165, 1.54) is 0 Å². The SMILES string of the molecule is CCOC(=O)NNCc1cccc(CNNC(=O)OCC)c1. The van der Waals surface area contributed by atoms with E-state index in [1.54, 1.807) is 13.8 Å². The van der Waals surface area contributed by atoms with Crippen molar-refractivity contribution >= 4 is 12.2 Å². The van der Waals surface area contributed by atoms with E-state index >= 15 is 0 Å². The van der Waals surface area contributed by atoms with Crippen LogP contribution in [0.15, 0.2) is 24.3 Å². The Labute approximate surface area is 129 Å². The van der Waals surface area contributed by atoms with Gasteiger partial charge >= 0.3 is 12.2 Å². The average Bonchev–Trinajstić information content (AvgIpc) is 2.48. The smallest absolute Gasteiger partial charge is 0.421 e. The minimum absolute atomic E-state index is 0.322. The van der Waals surface area contributed by atoms with E-state index in [9.17, 15) is 9.59 Å². The van der Waals surface area contributed by atoms with Crippen LogP contribution in [0.5, 0.6) is 0 Å². The summed E-state index contributed by atoms with van der Waals surface area (Å²) in [4.78, 5) is 22.2. The van der Waals surface area contributed by atoms with Crippen LogP contribution < -0.4 is 21.7 Å². The second-order valence-corrected chi connectivity index (χ2v) is 4.22. The van der Waals surface area contributed by atoms with Gasteiger partial charge in [0.2, 0.25) is 0 Å². The van der Waals surface area contributed by atoms with E-state index in [4.69, 9.17) is 9.47 Å². The molecule has 8 nitrogen and oxygen atoms in total. The van der Waals surface area contributed by atoms with Crippen LogP contribution in [-0.4, -0.2) is 25.4 Å². The van der Waals surface area contributed by atoms with Crippen molar-refractivity contribution in [3.05, 3.63) is 35.4 Å². The van der Waals surface area contributed by atoms with E-state index in [-0.39, 0.29) is 0 Å². The first-order valence-electron chi connectivity index (χ1n) is 7.04. The van der Waals surface area contributed by atoms with Crippen LogP contribution in [0, 0.1) is 0 Å². The molecule has 0 spiro atoms.